The Morgan fingerprint density at radius 3 is 2.70 bits per heavy atom. The van der Waals surface area contributed by atoms with E-state index in [0.717, 1.165) is 67.2 Å². The highest BCUT2D eigenvalue weighted by atomic mass is 35.5. The number of unbranched alkanes of at least 4 members (excludes halogenated alkanes) is 2. The summed E-state index contributed by atoms with van der Waals surface area (Å²) in [5, 5.41) is 11.0. The van der Waals surface area contributed by atoms with Crippen molar-refractivity contribution in [3.8, 4) is 5.75 Å². The molecule has 8 heteroatoms. The van der Waals surface area contributed by atoms with Crippen LogP contribution in [0.25, 0.3) is 0 Å². The smallest absolute Gasteiger partial charge is 0.211 e. The van der Waals surface area contributed by atoms with E-state index in [-0.39, 0.29) is 5.92 Å². The number of halogens is 1. The van der Waals surface area contributed by atoms with Crippen LogP contribution in [-0.2, 0) is 16.4 Å². The number of likely N-dealkylation sites (N-methyl/N-ethyl adjacent to an activating group) is 1. The van der Waals surface area contributed by atoms with Crippen LogP contribution in [0.1, 0.15) is 68.2 Å². The highest BCUT2D eigenvalue weighted by molar-refractivity contribution is 7.88. The Hall–Kier alpha value is -2.06. The van der Waals surface area contributed by atoms with Crippen LogP contribution in [0, 0.1) is 0 Å². The number of hydrogen-bond acceptors (Lipinski definition) is 5. The minimum Gasteiger partial charge on any atom is -0.491 e. The van der Waals surface area contributed by atoms with Gasteiger partial charge in [0.25, 0.3) is 0 Å². The van der Waals surface area contributed by atoms with Gasteiger partial charge in [0.2, 0.25) is 10.0 Å². The van der Waals surface area contributed by atoms with E-state index in [9.17, 15) is 13.5 Å². The second kappa shape index (κ2) is 13.7. The standard InChI is InChI=1S/C29H41ClN2O4S/c1-5-11-24-18-26(30)13-14-27(24)25-20-32(17-10-8-6-7-9-16-31(3)37(4,34)35)28-19-23(22(2)33)12-15-29(28)36-21-25/h7,9,12-15,18-19,22,25,33H,5-6,8,10-11,16-17,20-21H2,1-4H3/b9-7+. The third-order valence-corrected chi connectivity index (χ3v) is 8.41. The predicted octanol–water partition coefficient (Wildman–Crippen LogP) is 5.95. The van der Waals surface area contributed by atoms with Crippen molar-refractivity contribution in [2.75, 3.05) is 44.4 Å². The van der Waals surface area contributed by atoms with Crippen LogP contribution in [0.4, 0.5) is 5.69 Å². The van der Waals surface area contributed by atoms with Crippen LogP contribution in [0.3, 0.4) is 0 Å². The molecule has 1 aliphatic rings. The molecule has 0 aromatic heterocycles. The fraction of sp³-hybridized carbons (Fsp3) is 0.517. The quantitative estimate of drug-likeness (QED) is 0.262. The van der Waals surface area contributed by atoms with Crippen molar-refractivity contribution >= 4 is 27.3 Å². The molecule has 0 bridgehead atoms. The highest BCUT2D eigenvalue weighted by Gasteiger charge is 2.26. The van der Waals surface area contributed by atoms with Crippen LogP contribution in [0.15, 0.2) is 48.6 Å². The molecule has 3 rings (SSSR count). The average Bonchev–Trinajstić information content (AvgIpc) is 3.02. The van der Waals surface area contributed by atoms with E-state index < -0.39 is 16.1 Å². The Morgan fingerprint density at radius 2 is 2.00 bits per heavy atom. The predicted molar refractivity (Wildman–Crippen MR) is 153 cm³/mol. The van der Waals surface area contributed by atoms with Gasteiger partial charge < -0.3 is 14.7 Å². The molecule has 2 aromatic carbocycles. The molecule has 0 amide bonds. The number of sulfonamides is 1. The van der Waals surface area contributed by atoms with Crippen molar-refractivity contribution in [1.82, 2.24) is 4.31 Å². The Kier molecular flexibility index (Phi) is 10.9. The molecule has 1 heterocycles. The van der Waals surface area contributed by atoms with Crippen molar-refractivity contribution < 1.29 is 18.3 Å². The third kappa shape index (κ3) is 8.47. The minimum absolute atomic E-state index is 0.202. The van der Waals surface area contributed by atoms with E-state index in [1.165, 1.54) is 21.7 Å². The molecule has 2 unspecified atom stereocenters. The van der Waals surface area contributed by atoms with Gasteiger partial charge >= 0.3 is 0 Å². The Bertz CT molecular complexity index is 1170. The second-order valence-electron chi connectivity index (χ2n) is 9.96. The zero-order valence-electron chi connectivity index (χ0n) is 22.5. The molecule has 1 N–H and O–H groups in total. The molecule has 0 saturated carbocycles. The van der Waals surface area contributed by atoms with E-state index in [4.69, 9.17) is 16.3 Å². The monoisotopic (exact) mass is 548 g/mol. The number of nitrogens with zero attached hydrogens (tertiary/aromatic N) is 2. The van der Waals surface area contributed by atoms with Gasteiger partial charge in [-0.15, -0.1) is 0 Å². The minimum atomic E-state index is -3.16. The van der Waals surface area contributed by atoms with Gasteiger partial charge in [0.05, 0.1) is 24.7 Å². The molecule has 1 aliphatic heterocycles. The van der Waals surface area contributed by atoms with E-state index in [1.807, 2.05) is 24.3 Å². The zero-order valence-corrected chi connectivity index (χ0v) is 24.1. The number of aryl methyl sites for hydroxylation is 1. The number of aliphatic hydroxyl groups excluding tert-OH is 1. The molecule has 37 heavy (non-hydrogen) atoms. The van der Waals surface area contributed by atoms with Crippen molar-refractivity contribution in [3.05, 3.63) is 70.3 Å². The van der Waals surface area contributed by atoms with E-state index >= 15 is 0 Å². The lowest BCUT2D eigenvalue weighted by atomic mass is 9.92. The number of hydrogen-bond donors (Lipinski definition) is 1. The first-order valence-electron chi connectivity index (χ1n) is 13.1. The van der Waals surface area contributed by atoms with Crippen LogP contribution in [0.5, 0.6) is 5.75 Å². The highest BCUT2D eigenvalue weighted by Crippen LogP contribution is 2.38. The molecule has 2 atom stereocenters. The summed E-state index contributed by atoms with van der Waals surface area (Å²) in [4.78, 5) is 2.39. The Morgan fingerprint density at radius 1 is 1.22 bits per heavy atom. The van der Waals surface area contributed by atoms with Gasteiger partial charge in [-0.2, -0.15) is 0 Å². The Labute approximate surface area is 227 Å². The number of anilines is 1. The molecule has 0 radical (unpaired) electrons. The molecular weight excluding hydrogens is 508 g/mol. The SMILES string of the molecule is CCCc1cc(Cl)ccc1C1COc2ccc(C(C)O)cc2N(CCCC/C=C/CN(C)S(C)(=O)=O)C1. The van der Waals surface area contributed by atoms with Crippen LogP contribution in [-0.4, -0.2) is 57.4 Å². The summed E-state index contributed by atoms with van der Waals surface area (Å²) >= 11 is 6.33. The summed E-state index contributed by atoms with van der Waals surface area (Å²) in [6.45, 7) is 6.63. The van der Waals surface area contributed by atoms with Gasteiger partial charge in [-0.25, -0.2) is 12.7 Å². The van der Waals surface area contributed by atoms with E-state index in [2.05, 4.69) is 36.1 Å². The molecule has 0 saturated heterocycles. The first kappa shape index (κ1) is 29.5. The maximum atomic E-state index is 11.5. The lowest BCUT2D eigenvalue weighted by molar-refractivity contribution is 0.199. The van der Waals surface area contributed by atoms with Crippen molar-refractivity contribution in [3.63, 3.8) is 0 Å². The average molecular weight is 549 g/mol. The molecular formula is C29H41ClN2O4S. The van der Waals surface area contributed by atoms with Gasteiger partial charge in [0, 0.05) is 37.6 Å². The van der Waals surface area contributed by atoms with Crippen LogP contribution >= 0.6 is 11.6 Å². The lowest BCUT2D eigenvalue weighted by Gasteiger charge is -2.28. The van der Waals surface area contributed by atoms with Crippen LogP contribution in [0.2, 0.25) is 5.02 Å². The summed E-state index contributed by atoms with van der Waals surface area (Å²) in [6, 6.07) is 12.2. The van der Waals surface area contributed by atoms with Gasteiger partial charge in [-0.1, -0.05) is 49.2 Å². The summed E-state index contributed by atoms with van der Waals surface area (Å²) in [5.41, 5.74) is 4.47. The molecule has 2 aromatic rings. The summed E-state index contributed by atoms with van der Waals surface area (Å²) in [7, 11) is -1.57. The summed E-state index contributed by atoms with van der Waals surface area (Å²) < 4.78 is 30.7. The number of benzene rings is 2. The summed E-state index contributed by atoms with van der Waals surface area (Å²) in [6.07, 6.45) is 9.54. The largest absolute Gasteiger partial charge is 0.491 e. The Balaban J connectivity index is 1.74. The van der Waals surface area contributed by atoms with Gasteiger partial charge in [0.15, 0.2) is 0 Å². The number of ether oxygens (including phenoxy) is 1. The van der Waals surface area contributed by atoms with Crippen molar-refractivity contribution in [2.24, 2.45) is 0 Å². The van der Waals surface area contributed by atoms with Crippen molar-refractivity contribution in [1.29, 1.82) is 0 Å². The number of aliphatic hydroxyl groups is 1. The zero-order chi connectivity index (χ0) is 27.0. The number of allylic oxidation sites excluding steroid dienone is 1. The van der Waals surface area contributed by atoms with Crippen LogP contribution < -0.4 is 9.64 Å². The number of fused-ring (bicyclic) bond motifs is 1. The maximum Gasteiger partial charge on any atom is 0.211 e. The normalized spacial score (nSPS) is 17.1. The third-order valence-electron chi connectivity index (χ3n) is 6.90. The van der Waals surface area contributed by atoms with Gasteiger partial charge in [-0.05, 0) is 73.6 Å². The first-order chi connectivity index (χ1) is 17.6. The van der Waals surface area contributed by atoms with E-state index in [0.29, 0.717) is 13.2 Å². The number of rotatable bonds is 12. The molecule has 204 valence electrons. The first-order valence-corrected chi connectivity index (χ1v) is 15.4. The maximum absolute atomic E-state index is 11.5. The summed E-state index contributed by atoms with van der Waals surface area (Å²) in [5.74, 6) is 1.05. The lowest BCUT2D eigenvalue weighted by Crippen LogP contribution is -2.30. The van der Waals surface area contributed by atoms with E-state index in [1.54, 1.807) is 14.0 Å². The molecule has 0 spiro atoms. The topological polar surface area (TPSA) is 70.1 Å². The van der Waals surface area contributed by atoms with Gasteiger partial charge in [-0.3, -0.25) is 0 Å². The fourth-order valence-electron chi connectivity index (χ4n) is 4.67. The molecule has 0 fully saturated rings. The van der Waals surface area contributed by atoms with Gasteiger partial charge in [0.1, 0.15) is 5.75 Å². The molecule has 6 nitrogen and oxygen atoms in total. The molecule has 0 aliphatic carbocycles. The fourth-order valence-corrected chi connectivity index (χ4v) is 5.22. The second-order valence-corrected chi connectivity index (χ2v) is 12.5. The van der Waals surface area contributed by atoms with Crippen molar-refractivity contribution in [2.45, 2.75) is 58.0 Å².